The summed E-state index contributed by atoms with van der Waals surface area (Å²) in [5.74, 6) is 0.358. The van der Waals surface area contributed by atoms with Crippen LogP contribution < -0.4 is 4.74 Å². The van der Waals surface area contributed by atoms with Crippen molar-refractivity contribution in [3.8, 4) is 5.75 Å². The number of halogens is 2. The molecule has 1 saturated carbocycles. The Morgan fingerprint density at radius 3 is 2.10 bits per heavy atom. The van der Waals surface area contributed by atoms with Gasteiger partial charge in [-0.15, -0.1) is 23.2 Å². The lowest BCUT2D eigenvalue weighted by Crippen LogP contribution is -2.51. The Labute approximate surface area is 180 Å². The van der Waals surface area contributed by atoms with E-state index in [1.54, 1.807) is 21.9 Å². The summed E-state index contributed by atoms with van der Waals surface area (Å²) in [6, 6.07) is 17.1. The van der Waals surface area contributed by atoms with Crippen LogP contribution in [0.15, 0.2) is 54.6 Å². The normalized spacial score (nSPS) is 20.3. The topological polar surface area (TPSA) is 49.9 Å². The molecule has 2 fully saturated rings. The zero-order valence-corrected chi connectivity index (χ0v) is 17.4. The fourth-order valence-electron chi connectivity index (χ4n) is 3.45. The van der Waals surface area contributed by atoms with Crippen molar-refractivity contribution in [3.05, 3.63) is 65.7 Å². The highest BCUT2D eigenvalue weighted by atomic mass is 35.5. The van der Waals surface area contributed by atoms with E-state index in [1.807, 2.05) is 42.5 Å². The van der Waals surface area contributed by atoms with Gasteiger partial charge in [0, 0.05) is 31.7 Å². The first-order chi connectivity index (χ1) is 13.9. The van der Waals surface area contributed by atoms with Gasteiger partial charge in [-0.2, -0.15) is 0 Å². The van der Waals surface area contributed by atoms with Crippen LogP contribution in [0.4, 0.5) is 0 Å². The van der Waals surface area contributed by atoms with Crippen LogP contribution in [0.2, 0.25) is 0 Å². The molecule has 1 unspecified atom stereocenters. The van der Waals surface area contributed by atoms with Crippen LogP contribution in [0.25, 0.3) is 0 Å². The maximum atomic E-state index is 12.8. The molecule has 2 aromatic carbocycles. The Kier molecular flexibility index (Phi) is 5.70. The van der Waals surface area contributed by atoms with Gasteiger partial charge in [0.2, 0.25) is 5.91 Å². The number of hydrogen-bond acceptors (Lipinski definition) is 3. The Morgan fingerprint density at radius 2 is 1.52 bits per heavy atom. The Morgan fingerprint density at radius 1 is 0.931 bits per heavy atom. The number of ether oxygens (including phenoxy) is 1. The predicted octanol–water partition coefficient (Wildman–Crippen LogP) is 3.74. The molecule has 1 saturated heterocycles. The summed E-state index contributed by atoms with van der Waals surface area (Å²) in [5.41, 5.74) is 1.70. The molecule has 1 atom stereocenters. The molecule has 1 heterocycles. The molecule has 2 aliphatic rings. The second kappa shape index (κ2) is 8.25. The van der Waals surface area contributed by atoms with Crippen molar-refractivity contribution in [1.29, 1.82) is 0 Å². The van der Waals surface area contributed by atoms with Crippen LogP contribution in [0, 0.1) is 5.92 Å². The quantitative estimate of drug-likeness (QED) is 0.676. The van der Waals surface area contributed by atoms with Crippen LogP contribution in [0.3, 0.4) is 0 Å². The fourth-order valence-corrected chi connectivity index (χ4v) is 3.94. The molecule has 5 nitrogen and oxygen atoms in total. The second-order valence-electron chi connectivity index (χ2n) is 7.43. The highest BCUT2D eigenvalue weighted by Crippen LogP contribution is 2.53. The Bertz CT molecular complexity index is 879. The molecule has 7 heteroatoms. The summed E-state index contributed by atoms with van der Waals surface area (Å²) in [6.07, 6.45) is 0.507. The van der Waals surface area contributed by atoms with Crippen molar-refractivity contribution in [3.63, 3.8) is 0 Å². The summed E-state index contributed by atoms with van der Waals surface area (Å²) in [6.45, 7) is 2.49. The van der Waals surface area contributed by atoms with Crippen LogP contribution in [-0.2, 0) is 11.4 Å². The SMILES string of the molecule is O=C(c1ccc(OCc2ccccc2)cc1)N1CCN(C(=O)C2CC2(Cl)Cl)CC1. The van der Waals surface area contributed by atoms with Gasteiger partial charge in [0.05, 0.1) is 5.92 Å². The van der Waals surface area contributed by atoms with Gasteiger partial charge >= 0.3 is 0 Å². The average Bonchev–Trinajstić information content (AvgIpc) is 3.40. The van der Waals surface area contributed by atoms with E-state index in [-0.39, 0.29) is 17.7 Å². The zero-order valence-electron chi connectivity index (χ0n) is 15.9. The first-order valence-electron chi connectivity index (χ1n) is 9.67. The molecule has 0 radical (unpaired) electrons. The minimum Gasteiger partial charge on any atom is -0.489 e. The van der Waals surface area contributed by atoms with Crippen molar-refractivity contribution in [2.75, 3.05) is 26.2 Å². The maximum Gasteiger partial charge on any atom is 0.253 e. The van der Waals surface area contributed by atoms with Gasteiger partial charge in [-0.05, 0) is 36.2 Å². The third-order valence-corrected chi connectivity index (χ3v) is 6.19. The first kappa shape index (κ1) is 20.0. The number of benzene rings is 2. The van der Waals surface area contributed by atoms with E-state index in [9.17, 15) is 9.59 Å². The van der Waals surface area contributed by atoms with Crippen molar-refractivity contribution in [2.45, 2.75) is 17.4 Å². The standard InChI is InChI=1S/C22H22Cl2N2O3/c23-22(24)14-19(22)21(28)26-12-10-25(11-13-26)20(27)17-6-8-18(9-7-17)29-15-16-4-2-1-3-5-16/h1-9,19H,10-15H2. The molecular weight excluding hydrogens is 411 g/mol. The van der Waals surface area contributed by atoms with E-state index < -0.39 is 4.33 Å². The lowest BCUT2D eigenvalue weighted by atomic mass is 10.1. The zero-order chi connectivity index (χ0) is 20.4. The van der Waals surface area contributed by atoms with E-state index in [2.05, 4.69) is 0 Å². The molecule has 0 N–H and O–H groups in total. The molecule has 1 aliphatic carbocycles. The summed E-state index contributed by atoms with van der Waals surface area (Å²) < 4.78 is 4.86. The predicted molar refractivity (Wildman–Crippen MR) is 112 cm³/mol. The van der Waals surface area contributed by atoms with Gasteiger partial charge in [-0.25, -0.2) is 0 Å². The van der Waals surface area contributed by atoms with Gasteiger partial charge in [0.1, 0.15) is 16.7 Å². The van der Waals surface area contributed by atoms with Crippen molar-refractivity contribution in [1.82, 2.24) is 9.80 Å². The smallest absolute Gasteiger partial charge is 0.253 e. The van der Waals surface area contributed by atoms with Gasteiger partial charge in [-0.1, -0.05) is 30.3 Å². The monoisotopic (exact) mass is 432 g/mol. The second-order valence-corrected chi connectivity index (χ2v) is 8.98. The summed E-state index contributed by atoms with van der Waals surface area (Å²) in [5, 5.41) is 0. The van der Waals surface area contributed by atoms with Gasteiger partial charge < -0.3 is 14.5 Å². The average molecular weight is 433 g/mol. The summed E-state index contributed by atoms with van der Waals surface area (Å²) in [7, 11) is 0. The van der Waals surface area contributed by atoms with Crippen molar-refractivity contribution >= 4 is 35.0 Å². The molecule has 29 heavy (non-hydrogen) atoms. The minimum atomic E-state index is -0.908. The number of hydrogen-bond donors (Lipinski definition) is 0. The largest absolute Gasteiger partial charge is 0.489 e. The van der Waals surface area contributed by atoms with E-state index in [1.165, 1.54) is 0 Å². The molecule has 0 bridgehead atoms. The summed E-state index contributed by atoms with van der Waals surface area (Å²) in [4.78, 5) is 28.6. The van der Waals surface area contributed by atoms with Gasteiger partial charge in [-0.3, -0.25) is 9.59 Å². The van der Waals surface area contributed by atoms with Crippen LogP contribution in [0.1, 0.15) is 22.3 Å². The molecule has 0 spiro atoms. The van der Waals surface area contributed by atoms with Crippen molar-refractivity contribution in [2.24, 2.45) is 5.92 Å². The summed E-state index contributed by atoms with van der Waals surface area (Å²) >= 11 is 12.0. The van der Waals surface area contributed by atoms with Crippen LogP contribution in [-0.4, -0.2) is 52.1 Å². The Hall–Kier alpha value is -2.24. The molecule has 152 valence electrons. The maximum absolute atomic E-state index is 12.8. The molecule has 4 rings (SSSR count). The molecule has 2 amide bonds. The van der Waals surface area contributed by atoms with Gasteiger partial charge in [0.25, 0.3) is 5.91 Å². The number of alkyl halides is 2. The number of carbonyl (C=O) groups excluding carboxylic acids is 2. The van der Waals surface area contributed by atoms with Crippen LogP contribution in [0.5, 0.6) is 5.75 Å². The van der Waals surface area contributed by atoms with E-state index >= 15 is 0 Å². The van der Waals surface area contributed by atoms with Gasteiger partial charge in [0.15, 0.2) is 0 Å². The number of carbonyl (C=O) groups is 2. The fraction of sp³-hybridized carbons (Fsp3) is 0.364. The minimum absolute atomic E-state index is 0.0120. The number of nitrogens with zero attached hydrogens (tertiary/aromatic N) is 2. The number of piperazine rings is 1. The number of rotatable bonds is 5. The third kappa shape index (κ3) is 4.68. The first-order valence-corrected chi connectivity index (χ1v) is 10.4. The third-order valence-electron chi connectivity index (χ3n) is 5.35. The lowest BCUT2D eigenvalue weighted by Gasteiger charge is -2.35. The van der Waals surface area contributed by atoms with E-state index in [0.717, 1.165) is 11.3 Å². The van der Waals surface area contributed by atoms with E-state index in [4.69, 9.17) is 27.9 Å². The highest BCUT2D eigenvalue weighted by molar-refractivity contribution is 6.52. The molecule has 2 aromatic rings. The highest BCUT2D eigenvalue weighted by Gasteiger charge is 2.57. The van der Waals surface area contributed by atoms with Crippen molar-refractivity contribution < 1.29 is 14.3 Å². The number of amides is 2. The molecule has 1 aliphatic heterocycles. The van der Waals surface area contributed by atoms with E-state index in [0.29, 0.717) is 44.8 Å². The van der Waals surface area contributed by atoms with Crippen LogP contribution >= 0.6 is 23.2 Å². The Balaban J connectivity index is 1.28. The molecule has 0 aromatic heterocycles. The lowest BCUT2D eigenvalue weighted by molar-refractivity contribution is -0.134. The molecular formula is C22H22Cl2N2O3.